The van der Waals surface area contributed by atoms with Crippen LogP contribution in [0, 0.1) is 0 Å². The number of hydrogen-bond donors (Lipinski definition) is 0. The second kappa shape index (κ2) is 9.08. The number of para-hydroxylation sites is 1. The van der Waals surface area contributed by atoms with Gasteiger partial charge in [0, 0.05) is 55.9 Å². The summed E-state index contributed by atoms with van der Waals surface area (Å²) in [7, 11) is 0. The first-order valence-electron chi connectivity index (χ1n) is 11.9. The summed E-state index contributed by atoms with van der Waals surface area (Å²) < 4.78 is 8.12. The van der Waals surface area contributed by atoms with Gasteiger partial charge in [-0.3, -0.25) is 9.69 Å². The van der Waals surface area contributed by atoms with E-state index in [0.717, 1.165) is 62.0 Å². The Morgan fingerprint density at radius 1 is 1.00 bits per heavy atom. The first-order chi connectivity index (χ1) is 15.6. The Labute approximate surface area is 190 Å². The normalized spacial score (nSPS) is 24.3. The fourth-order valence-corrected chi connectivity index (χ4v) is 5.51. The third-order valence-corrected chi connectivity index (χ3v) is 6.82. The van der Waals surface area contributed by atoms with Crippen LogP contribution in [-0.2, 0) is 11.3 Å². The molecular weight excluding hydrogens is 398 g/mol. The van der Waals surface area contributed by atoms with Gasteiger partial charge in [0.05, 0.1) is 17.8 Å². The number of aromatic nitrogens is 1. The molecule has 2 saturated heterocycles. The van der Waals surface area contributed by atoms with Gasteiger partial charge in [-0.25, -0.2) is 0 Å². The zero-order chi connectivity index (χ0) is 22.1. The molecule has 0 bridgehead atoms. The number of hydrogen-bond acceptors (Lipinski definition) is 3. The molecule has 3 atom stereocenters. The number of rotatable bonds is 5. The molecule has 32 heavy (non-hydrogen) atoms. The first kappa shape index (κ1) is 21.2. The van der Waals surface area contributed by atoms with E-state index in [-0.39, 0.29) is 24.2 Å². The van der Waals surface area contributed by atoms with Crippen LogP contribution < -0.4 is 0 Å². The summed E-state index contributed by atoms with van der Waals surface area (Å²) >= 11 is 0. The lowest BCUT2D eigenvalue weighted by molar-refractivity contribution is -0.0715. The summed E-state index contributed by atoms with van der Waals surface area (Å²) in [4.78, 5) is 18.4. The molecule has 5 rings (SSSR count). The molecule has 5 heteroatoms. The van der Waals surface area contributed by atoms with Crippen molar-refractivity contribution in [2.24, 2.45) is 0 Å². The highest BCUT2D eigenvalue weighted by Crippen LogP contribution is 2.28. The minimum absolute atomic E-state index is 0.171. The number of amides is 1. The molecule has 0 spiro atoms. The summed E-state index contributed by atoms with van der Waals surface area (Å²) in [6.07, 6.45) is 4.72. The van der Waals surface area contributed by atoms with Crippen molar-refractivity contribution in [1.82, 2.24) is 14.4 Å². The van der Waals surface area contributed by atoms with E-state index >= 15 is 0 Å². The molecule has 168 valence electrons. The van der Waals surface area contributed by atoms with Gasteiger partial charge >= 0.3 is 0 Å². The number of nitrogens with zero attached hydrogens (tertiary/aromatic N) is 3. The summed E-state index contributed by atoms with van der Waals surface area (Å²) in [6, 6.07) is 19.0. The van der Waals surface area contributed by atoms with E-state index in [2.05, 4.69) is 76.9 Å². The summed E-state index contributed by atoms with van der Waals surface area (Å²) in [6.45, 7) is 8.72. The van der Waals surface area contributed by atoms with E-state index in [1.165, 1.54) is 5.56 Å². The number of fused-ring (bicyclic) bond motifs is 1. The number of morpholine rings is 1. The SMILES string of the molecule is CC1CN(CC2CCCN2C(=O)c2cn(Cc3ccccc3)c3ccccc23)CC(C)O1. The van der Waals surface area contributed by atoms with Gasteiger partial charge in [-0.2, -0.15) is 0 Å². The maximum Gasteiger partial charge on any atom is 0.256 e. The largest absolute Gasteiger partial charge is 0.373 e. The number of benzene rings is 2. The third-order valence-electron chi connectivity index (χ3n) is 6.82. The number of ether oxygens (including phenoxy) is 1. The van der Waals surface area contributed by atoms with Crippen molar-refractivity contribution < 1.29 is 9.53 Å². The fourth-order valence-electron chi connectivity index (χ4n) is 5.51. The summed E-state index contributed by atoms with van der Waals surface area (Å²) in [5, 5.41) is 1.05. The van der Waals surface area contributed by atoms with Crippen molar-refractivity contribution >= 4 is 16.8 Å². The molecule has 0 saturated carbocycles. The Hall–Kier alpha value is -2.63. The van der Waals surface area contributed by atoms with Crippen LogP contribution in [0.4, 0.5) is 0 Å². The van der Waals surface area contributed by atoms with E-state index in [0.29, 0.717) is 0 Å². The maximum absolute atomic E-state index is 13.8. The van der Waals surface area contributed by atoms with Crippen LogP contribution >= 0.6 is 0 Å². The standard InChI is InChI=1S/C27H33N3O2/c1-20-15-28(16-21(2)32-20)18-23-11-8-14-30(23)27(31)25-19-29(17-22-9-4-3-5-10-22)26-13-7-6-12-24(25)26/h3-7,9-10,12-13,19-21,23H,8,11,14-18H2,1-2H3. The summed E-state index contributed by atoms with van der Waals surface area (Å²) in [5.74, 6) is 0.171. The molecule has 5 nitrogen and oxygen atoms in total. The van der Waals surface area contributed by atoms with Crippen molar-refractivity contribution in [1.29, 1.82) is 0 Å². The second-order valence-electron chi connectivity index (χ2n) is 9.44. The van der Waals surface area contributed by atoms with Crippen molar-refractivity contribution in [3.63, 3.8) is 0 Å². The van der Waals surface area contributed by atoms with Gasteiger partial charge in [0.15, 0.2) is 0 Å². The van der Waals surface area contributed by atoms with Gasteiger partial charge in [0.2, 0.25) is 0 Å². The van der Waals surface area contributed by atoms with E-state index in [1.54, 1.807) is 0 Å². The monoisotopic (exact) mass is 431 g/mol. The lowest BCUT2D eigenvalue weighted by atomic mass is 10.1. The molecule has 2 aromatic carbocycles. The van der Waals surface area contributed by atoms with Gasteiger partial charge in [-0.05, 0) is 38.3 Å². The van der Waals surface area contributed by atoms with E-state index in [9.17, 15) is 4.79 Å². The lowest BCUT2D eigenvalue weighted by Crippen LogP contribution is -2.50. The van der Waals surface area contributed by atoms with Crippen LogP contribution in [0.3, 0.4) is 0 Å². The minimum Gasteiger partial charge on any atom is -0.373 e. The highest BCUT2D eigenvalue weighted by atomic mass is 16.5. The second-order valence-corrected chi connectivity index (χ2v) is 9.44. The Balaban J connectivity index is 1.39. The van der Waals surface area contributed by atoms with E-state index in [4.69, 9.17) is 4.74 Å². The quantitative estimate of drug-likeness (QED) is 0.601. The van der Waals surface area contributed by atoms with Crippen LogP contribution in [0.2, 0.25) is 0 Å². The lowest BCUT2D eigenvalue weighted by Gasteiger charge is -2.38. The molecule has 3 heterocycles. The highest BCUT2D eigenvalue weighted by Gasteiger charge is 2.34. The number of carbonyl (C=O) groups excluding carboxylic acids is 1. The molecular formula is C27H33N3O2. The molecule has 1 amide bonds. The Bertz CT molecular complexity index is 1070. The zero-order valence-corrected chi connectivity index (χ0v) is 19.1. The Morgan fingerprint density at radius 2 is 1.72 bits per heavy atom. The molecule has 0 N–H and O–H groups in total. The fraction of sp³-hybridized carbons (Fsp3) is 0.444. The van der Waals surface area contributed by atoms with Gasteiger partial charge < -0.3 is 14.2 Å². The summed E-state index contributed by atoms with van der Waals surface area (Å²) in [5.41, 5.74) is 3.18. The van der Waals surface area contributed by atoms with Crippen LogP contribution in [0.1, 0.15) is 42.6 Å². The van der Waals surface area contributed by atoms with Gasteiger partial charge in [-0.1, -0.05) is 48.5 Å². The Morgan fingerprint density at radius 3 is 2.50 bits per heavy atom. The van der Waals surface area contributed by atoms with Crippen LogP contribution in [0.5, 0.6) is 0 Å². The highest BCUT2D eigenvalue weighted by molar-refractivity contribution is 6.07. The Kier molecular flexibility index (Phi) is 6.03. The molecule has 1 aromatic heterocycles. The molecule has 0 aliphatic carbocycles. The van der Waals surface area contributed by atoms with E-state index < -0.39 is 0 Å². The number of carbonyl (C=O) groups is 1. The van der Waals surface area contributed by atoms with Crippen molar-refractivity contribution in [3.05, 3.63) is 71.9 Å². The maximum atomic E-state index is 13.8. The van der Waals surface area contributed by atoms with Crippen LogP contribution in [-0.4, -0.2) is 64.7 Å². The average molecular weight is 432 g/mol. The smallest absolute Gasteiger partial charge is 0.256 e. The van der Waals surface area contributed by atoms with E-state index in [1.807, 2.05) is 12.1 Å². The molecule has 2 aliphatic heterocycles. The molecule has 2 aliphatic rings. The van der Waals surface area contributed by atoms with Crippen LogP contribution in [0.25, 0.3) is 10.9 Å². The van der Waals surface area contributed by atoms with Gasteiger partial charge in [-0.15, -0.1) is 0 Å². The minimum atomic E-state index is 0.171. The molecule has 2 fully saturated rings. The predicted molar refractivity (Wildman–Crippen MR) is 128 cm³/mol. The van der Waals surface area contributed by atoms with Gasteiger partial charge in [0.1, 0.15) is 0 Å². The third kappa shape index (κ3) is 4.32. The van der Waals surface area contributed by atoms with Crippen molar-refractivity contribution in [2.45, 2.75) is 51.5 Å². The topological polar surface area (TPSA) is 37.7 Å². The van der Waals surface area contributed by atoms with Crippen molar-refractivity contribution in [3.8, 4) is 0 Å². The molecule has 0 radical (unpaired) electrons. The van der Waals surface area contributed by atoms with Gasteiger partial charge in [0.25, 0.3) is 5.91 Å². The van der Waals surface area contributed by atoms with Crippen LogP contribution in [0.15, 0.2) is 60.8 Å². The zero-order valence-electron chi connectivity index (χ0n) is 19.1. The predicted octanol–water partition coefficient (Wildman–Crippen LogP) is 4.40. The molecule has 3 unspecified atom stereocenters. The van der Waals surface area contributed by atoms with Crippen molar-refractivity contribution in [2.75, 3.05) is 26.2 Å². The average Bonchev–Trinajstić information content (AvgIpc) is 3.38. The molecule has 3 aromatic rings. The first-order valence-corrected chi connectivity index (χ1v) is 11.9. The number of likely N-dealkylation sites (tertiary alicyclic amines) is 1.